The minimum Gasteiger partial charge on any atom is -0.870 e. The summed E-state index contributed by atoms with van der Waals surface area (Å²) in [5.41, 5.74) is 21.7. The van der Waals surface area contributed by atoms with E-state index in [0.717, 1.165) is 103 Å². The standard InChI is InChI=1S/C19H21NO3.C17H17NO3.C11H13BN2O.C11H7ClO.C10H6N2O4.C10H10N2.C8H15NO2.C2H2.CH2BNO2.Li.H2O/c1-2-23-19(22)15-9-11-20(12-10-15)18(21)17-8-7-14-5-3-4-6-16(14)13-17;19-16(18-9-7-13(8-10-18)17(20)21)15-6-5-12-3-1-2-4-14(12)11-15;1-12(15)14-9-6-8-4-2-3-5-10(8)11(13)7-9;12-11(13)10-6-5-8-3-1-2-4-9(8)7-10;13-11(14)8-5-7-3-1-2-4-9(7)10(6-8)12(15)16;11-8-5-7-3-1-2-4-9(7)10(12)6-8;1-2-11-8(10)7-3-5-9-6-4-7;1-2;2-1(4)5-3;;/h3-8,13,15H,2,9-12H2,1H3;1-6,11,13H,7-10H2,(H,20,21);2-7,14-15H,13H2,1H3;1-7H;1-6H;1-6H,11-12H2;7,9H,2-6H2,1H3;1-2H;3H2;;1H2/q;;;;;;;;;+1;/p-1/i;;;;;;;1D;;;. The second-order valence-electron chi connectivity index (χ2n) is 27.0. The number of nitrogens with zero attached hydrogens (tertiary/aromatic N) is 4. The van der Waals surface area contributed by atoms with Gasteiger partial charge in [-0.05, 0) is 199 Å². The number of rotatable bonds is 12. The van der Waals surface area contributed by atoms with Crippen molar-refractivity contribution in [3.63, 3.8) is 0 Å². The molecule has 0 atom stereocenters. The molecule has 3 aliphatic heterocycles. The number of benzene rings is 12. The molecule has 0 unspecified atom stereocenters. The van der Waals surface area contributed by atoms with Gasteiger partial charge in [-0.25, -0.2) is 0 Å². The van der Waals surface area contributed by atoms with Crippen molar-refractivity contribution in [3.8, 4) is 12.8 Å². The van der Waals surface area contributed by atoms with Gasteiger partial charge < -0.3 is 67.5 Å². The first kappa shape index (κ1) is 95.9. The molecule has 27 nitrogen and oxygen atoms in total. The zero-order chi connectivity index (χ0) is 86.5. The van der Waals surface area contributed by atoms with E-state index in [1.807, 2.05) is 201 Å². The normalized spacial score (nSPS) is 12.8. The van der Waals surface area contributed by atoms with Crippen molar-refractivity contribution in [2.24, 2.45) is 23.7 Å². The summed E-state index contributed by atoms with van der Waals surface area (Å²) in [7, 11) is 3.73. The van der Waals surface area contributed by atoms with E-state index in [9.17, 15) is 58.8 Å². The van der Waals surface area contributed by atoms with E-state index in [2.05, 4.69) is 35.5 Å². The van der Waals surface area contributed by atoms with Crippen LogP contribution in [0.5, 0.6) is 0 Å². The number of nitro benzene ring substituents is 2. The van der Waals surface area contributed by atoms with Crippen molar-refractivity contribution in [2.75, 3.05) is 74.9 Å². The smallest absolute Gasteiger partial charge is 0.870 e. The third kappa shape index (κ3) is 29.6. The Morgan fingerprint density at radius 3 is 1.29 bits per heavy atom. The third-order valence-electron chi connectivity index (χ3n) is 19.0. The SMILES string of the molecule is CB(O)Nc1cc(N)c2ccccc2c1.CCOC(=O)C1CCN(C(=O)c2ccc3ccccc3c2)CC1.CCOC(=O)C1CCNCC1.Nc1cc(N)c2ccccc2c1.O=C(Cl)c1ccc2ccccc2c1.O=C(O)C1CCN(C(=O)c2ccc3ccccc3c2)CC1.O=[N+]([O-])c1cc([N+](=O)[O-])c2ccccc2c1.[2H]C#C.[B]C(=O)ON.[Li+].[OH-]. The molecule has 12 aromatic carbocycles. The quantitative estimate of drug-likeness (QED) is 0.0107. The fourth-order valence-corrected chi connectivity index (χ4v) is 13.2. The number of carbonyl (C=O) groups is 7. The fraction of sp³-hybridized carbons (Fsp3) is 0.225. The number of halogens is 1. The Balaban J connectivity index is 0.000000250. The van der Waals surface area contributed by atoms with Crippen LogP contribution in [0.25, 0.3) is 64.6 Å². The van der Waals surface area contributed by atoms with Crippen molar-refractivity contribution in [1.82, 2.24) is 15.1 Å². The van der Waals surface area contributed by atoms with Gasteiger partial charge in [0.25, 0.3) is 34.3 Å². The molecule has 120 heavy (non-hydrogen) atoms. The van der Waals surface area contributed by atoms with Crippen LogP contribution in [0.15, 0.2) is 237 Å². The van der Waals surface area contributed by atoms with Gasteiger partial charge in [0, 0.05) is 82.5 Å². The number of non-ortho nitro benzene ring substituents is 2. The zero-order valence-electron chi connectivity index (χ0n) is 67.9. The van der Waals surface area contributed by atoms with Gasteiger partial charge in [0.15, 0.2) is 0 Å². The summed E-state index contributed by atoms with van der Waals surface area (Å²) in [4.78, 5) is 106. The number of nitrogens with one attached hydrogen (secondary N) is 2. The number of ether oxygens (including phenoxy) is 2. The second-order valence-corrected chi connectivity index (χ2v) is 27.4. The fourth-order valence-electron chi connectivity index (χ4n) is 13.1. The van der Waals surface area contributed by atoms with Crippen molar-refractivity contribution in [1.29, 1.82) is 0 Å². The molecule has 12 aromatic rings. The molecule has 3 saturated heterocycles. The summed E-state index contributed by atoms with van der Waals surface area (Å²) < 4.78 is 15.7. The molecule has 3 fully saturated rings. The first-order valence-corrected chi connectivity index (χ1v) is 38.2. The van der Waals surface area contributed by atoms with E-state index < -0.39 is 34.0 Å². The number of nitro groups is 2. The van der Waals surface area contributed by atoms with Gasteiger partial charge in [-0.1, -0.05) is 158 Å². The molecule has 0 aliphatic carbocycles. The Bertz CT molecular complexity index is 5560. The number of carbonyl (C=O) groups excluding carboxylic acids is 6. The number of anilines is 4. The van der Waals surface area contributed by atoms with E-state index in [0.29, 0.717) is 98.2 Å². The Morgan fingerprint density at radius 2 is 0.900 bits per heavy atom. The Morgan fingerprint density at radius 1 is 0.542 bits per heavy atom. The van der Waals surface area contributed by atoms with Crippen LogP contribution in [0.2, 0.25) is 6.82 Å². The van der Waals surface area contributed by atoms with Crippen LogP contribution in [0.3, 0.4) is 0 Å². The van der Waals surface area contributed by atoms with Crippen molar-refractivity contribution < 1.29 is 93.6 Å². The molecule has 0 spiro atoms. The van der Waals surface area contributed by atoms with Gasteiger partial charge in [-0.15, -0.1) is 12.8 Å². The Hall–Kier alpha value is -12.9. The van der Waals surface area contributed by atoms with E-state index in [4.69, 9.17) is 44.8 Å². The van der Waals surface area contributed by atoms with Crippen LogP contribution in [-0.2, 0) is 28.7 Å². The van der Waals surface area contributed by atoms with Gasteiger partial charge in [0.2, 0.25) is 7.85 Å². The molecule has 3 heterocycles. The summed E-state index contributed by atoms with van der Waals surface area (Å²) in [6.07, 6.45) is 10.1. The van der Waals surface area contributed by atoms with Gasteiger partial charge >= 0.3 is 43.8 Å². The monoisotopic (exact) mass is 1640 g/mol. The van der Waals surface area contributed by atoms with Crippen molar-refractivity contribution in [2.45, 2.75) is 59.2 Å². The number of terminal acetylenes is 1. The van der Waals surface area contributed by atoms with Crippen LogP contribution < -0.4 is 52.5 Å². The summed E-state index contributed by atoms with van der Waals surface area (Å²) in [6, 6.07) is 72.9. The van der Waals surface area contributed by atoms with Gasteiger partial charge in [0.1, 0.15) is 1.37 Å². The second kappa shape index (κ2) is 50.0. The minimum absolute atomic E-state index is 0. The van der Waals surface area contributed by atoms with Crippen LogP contribution >= 0.6 is 11.6 Å². The number of esters is 2. The number of aliphatic carboxylic acids is 1. The zero-order valence-corrected chi connectivity index (χ0v) is 67.7. The maximum atomic E-state index is 12.7. The molecule has 0 bridgehead atoms. The molecule has 15 rings (SSSR count). The number of carboxylic acids is 1. The number of hydrogen-bond acceptors (Lipinski definition) is 22. The molecule has 0 aromatic heterocycles. The Labute approximate surface area is 714 Å². The Kier molecular flexibility index (Phi) is 40.0. The van der Waals surface area contributed by atoms with Gasteiger partial charge in [-0.2, -0.15) is 5.90 Å². The summed E-state index contributed by atoms with van der Waals surface area (Å²) in [6.45, 7) is 10.4. The van der Waals surface area contributed by atoms with E-state index in [1.54, 1.807) is 54.2 Å². The van der Waals surface area contributed by atoms with Crippen molar-refractivity contribution >= 4 is 166 Å². The number of nitrogens with two attached hydrogens (primary N) is 4. The summed E-state index contributed by atoms with van der Waals surface area (Å²) in [5.74, 6) is 2.11. The van der Waals surface area contributed by atoms with Crippen LogP contribution in [0.4, 0.5) is 38.9 Å². The van der Waals surface area contributed by atoms with Crippen LogP contribution in [0, 0.1) is 50.8 Å². The molecule has 2 amide bonds. The molecule has 3 aliphatic rings. The predicted molar refractivity (Wildman–Crippen MR) is 470 cm³/mol. The van der Waals surface area contributed by atoms with Gasteiger partial charge in [-0.3, -0.25) is 53.8 Å². The van der Waals surface area contributed by atoms with Gasteiger partial charge in [0.05, 0.1) is 52.3 Å². The minimum atomic E-state index is -0.968. The number of hydrogen-bond donors (Lipinski definition) is 8. The average Bonchev–Trinajstić information content (AvgIpc) is 0.802. The first-order chi connectivity index (χ1) is 57.2. The van der Waals surface area contributed by atoms with Crippen LogP contribution in [0.1, 0.15) is 84.8 Å². The molecule has 0 saturated carbocycles. The summed E-state index contributed by atoms with van der Waals surface area (Å²) >= 11 is 5.36. The molecule has 31 heteroatoms. The van der Waals surface area contributed by atoms with E-state index >= 15 is 0 Å². The molecule has 13 N–H and O–H groups in total. The van der Waals surface area contributed by atoms with E-state index in [1.165, 1.54) is 12.5 Å². The maximum Gasteiger partial charge on any atom is 1.00 e. The maximum absolute atomic E-state index is 12.7. The number of nitrogen functional groups attached to an aromatic ring is 3. The largest absolute Gasteiger partial charge is 1.00 e. The number of carboxylic acid groups (broad SMARTS) is 1. The summed E-state index contributed by atoms with van der Waals surface area (Å²) in [5, 5.41) is 56.9. The molecular formula is C89H94B2ClLiN10O17. The number of fused-ring (bicyclic) bond motifs is 6. The van der Waals surface area contributed by atoms with E-state index in [-0.39, 0.29) is 77.2 Å². The number of amides is 2. The number of piperidine rings is 3. The predicted octanol–water partition coefficient (Wildman–Crippen LogP) is 12.6. The molecular weight excluding hydrogens is 1550 g/mol. The third-order valence-corrected chi connectivity index (χ3v) is 19.2. The number of likely N-dealkylation sites (tertiary alicyclic amines) is 2. The topological polar surface area (TPSA) is 439 Å². The van der Waals surface area contributed by atoms with Crippen molar-refractivity contribution in [3.05, 3.63) is 274 Å². The molecule has 2 radical (unpaired) electrons. The first-order valence-electron chi connectivity index (χ1n) is 38.3. The van der Waals surface area contributed by atoms with Crippen LogP contribution in [-0.4, -0.2) is 143 Å². The molecule has 616 valence electrons. The average molecular weight is 1640 g/mol.